The lowest BCUT2D eigenvalue weighted by Crippen LogP contribution is -2.21. The molecule has 2 heterocycles. The van der Waals surface area contributed by atoms with Gasteiger partial charge in [-0.05, 0) is 38.4 Å². The molecule has 8 heteroatoms. The van der Waals surface area contributed by atoms with E-state index >= 15 is 0 Å². The molecule has 0 unspecified atom stereocenters. The summed E-state index contributed by atoms with van der Waals surface area (Å²) in [7, 11) is 4.03. The Bertz CT molecular complexity index is 902. The molecule has 140 valence electrons. The quantitative estimate of drug-likeness (QED) is 0.603. The van der Waals surface area contributed by atoms with Gasteiger partial charge in [0.1, 0.15) is 5.82 Å². The summed E-state index contributed by atoms with van der Waals surface area (Å²) in [6.45, 7) is 1.58. The zero-order valence-corrected chi connectivity index (χ0v) is 16.6. The maximum absolute atomic E-state index is 6.29. The summed E-state index contributed by atoms with van der Waals surface area (Å²) in [5, 5.41) is 7.39. The van der Waals surface area contributed by atoms with Gasteiger partial charge < -0.3 is 15.5 Å². The molecule has 6 nitrogen and oxygen atoms in total. The molecule has 0 saturated carbocycles. The van der Waals surface area contributed by atoms with Crippen molar-refractivity contribution in [2.24, 2.45) is 0 Å². The van der Waals surface area contributed by atoms with Crippen LogP contribution in [0.1, 0.15) is 0 Å². The van der Waals surface area contributed by atoms with E-state index in [0.717, 1.165) is 18.8 Å². The van der Waals surface area contributed by atoms with Gasteiger partial charge in [-0.15, -0.1) is 0 Å². The predicted molar refractivity (Wildman–Crippen MR) is 112 cm³/mol. The van der Waals surface area contributed by atoms with Crippen LogP contribution in [0.25, 0.3) is 11.4 Å². The van der Waals surface area contributed by atoms with Crippen molar-refractivity contribution < 1.29 is 0 Å². The van der Waals surface area contributed by atoms with Crippen LogP contribution >= 0.6 is 23.2 Å². The first-order chi connectivity index (χ1) is 13.0. The van der Waals surface area contributed by atoms with Crippen LogP contribution in [-0.2, 0) is 0 Å². The lowest BCUT2D eigenvalue weighted by molar-refractivity contribution is 0.425. The molecule has 0 aliphatic carbocycles. The highest BCUT2D eigenvalue weighted by atomic mass is 35.5. The number of benzene rings is 1. The number of nitrogens with zero attached hydrogens (tertiary/aromatic N) is 4. The number of halogens is 2. The van der Waals surface area contributed by atoms with Crippen molar-refractivity contribution in [3.8, 4) is 11.4 Å². The molecule has 0 atom stereocenters. The van der Waals surface area contributed by atoms with E-state index in [1.165, 1.54) is 0 Å². The SMILES string of the molecule is CN(C)CCNc1nc(Nc2cccc(Cl)c2Cl)cc(-c2ccccn2)n1. The lowest BCUT2D eigenvalue weighted by atomic mass is 10.2. The highest BCUT2D eigenvalue weighted by Crippen LogP contribution is 2.32. The van der Waals surface area contributed by atoms with Crippen LogP contribution in [-0.4, -0.2) is 47.0 Å². The van der Waals surface area contributed by atoms with Crippen LogP contribution in [0.15, 0.2) is 48.7 Å². The standard InChI is InChI=1S/C19H20Cl2N6/c1-27(2)11-10-23-19-25-16(14-7-3-4-9-22-14)12-17(26-19)24-15-8-5-6-13(20)18(15)21/h3-9,12H,10-11H2,1-2H3,(H2,23,24,25,26). The van der Waals surface area contributed by atoms with Gasteiger partial charge in [0.15, 0.2) is 0 Å². The minimum atomic E-state index is 0.444. The molecule has 0 aliphatic rings. The normalized spacial score (nSPS) is 10.9. The maximum atomic E-state index is 6.29. The molecule has 1 aromatic carbocycles. The Morgan fingerprint density at radius 1 is 1.00 bits per heavy atom. The van der Waals surface area contributed by atoms with Crippen LogP contribution in [0.5, 0.6) is 0 Å². The van der Waals surface area contributed by atoms with Crippen LogP contribution in [0.3, 0.4) is 0 Å². The molecule has 0 radical (unpaired) electrons. The monoisotopic (exact) mass is 402 g/mol. The average molecular weight is 403 g/mol. The number of hydrogen-bond donors (Lipinski definition) is 2. The van der Waals surface area contributed by atoms with Gasteiger partial charge in [0, 0.05) is 25.4 Å². The van der Waals surface area contributed by atoms with E-state index in [9.17, 15) is 0 Å². The molecule has 0 aliphatic heterocycles. The maximum Gasteiger partial charge on any atom is 0.225 e. The van der Waals surface area contributed by atoms with Crippen molar-refractivity contribution in [1.82, 2.24) is 19.9 Å². The van der Waals surface area contributed by atoms with Crippen LogP contribution in [0.4, 0.5) is 17.5 Å². The number of likely N-dealkylation sites (N-methyl/N-ethyl adjacent to an activating group) is 1. The second-order valence-electron chi connectivity index (χ2n) is 6.13. The second kappa shape index (κ2) is 8.99. The highest BCUT2D eigenvalue weighted by Gasteiger charge is 2.10. The Hall–Kier alpha value is -2.41. The summed E-state index contributed by atoms with van der Waals surface area (Å²) in [6.07, 6.45) is 1.73. The van der Waals surface area contributed by atoms with Crippen molar-refractivity contribution in [3.05, 3.63) is 58.7 Å². The minimum Gasteiger partial charge on any atom is -0.353 e. The molecular formula is C19H20Cl2N6. The number of hydrogen-bond acceptors (Lipinski definition) is 6. The fourth-order valence-corrected chi connectivity index (χ4v) is 2.71. The molecule has 2 aromatic heterocycles. The molecule has 0 bridgehead atoms. The minimum absolute atomic E-state index is 0.444. The van der Waals surface area contributed by atoms with Gasteiger partial charge in [0.2, 0.25) is 5.95 Å². The summed E-state index contributed by atoms with van der Waals surface area (Å²) in [5.41, 5.74) is 2.14. The van der Waals surface area contributed by atoms with Crippen LogP contribution < -0.4 is 10.6 Å². The third-order valence-corrected chi connectivity index (χ3v) is 4.53. The number of aromatic nitrogens is 3. The molecule has 2 N–H and O–H groups in total. The van der Waals surface area contributed by atoms with Crippen molar-refractivity contribution in [3.63, 3.8) is 0 Å². The zero-order valence-electron chi connectivity index (χ0n) is 15.1. The van der Waals surface area contributed by atoms with Gasteiger partial charge in [-0.1, -0.05) is 35.3 Å². The van der Waals surface area contributed by atoms with Gasteiger partial charge in [0.25, 0.3) is 0 Å². The van der Waals surface area contributed by atoms with Gasteiger partial charge in [-0.2, -0.15) is 4.98 Å². The molecule has 0 saturated heterocycles. The van der Waals surface area contributed by atoms with Gasteiger partial charge in [-0.25, -0.2) is 4.98 Å². The summed E-state index contributed by atoms with van der Waals surface area (Å²) < 4.78 is 0. The van der Waals surface area contributed by atoms with E-state index in [2.05, 4.69) is 30.5 Å². The van der Waals surface area contributed by atoms with E-state index in [1.807, 2.05) is 50.5 Å². The van der Waals surface area contributed by atoms with Crippen molar-refractivity contribution in [2.45, 2.75) is 0 Å². The molecule has 3 aromatic rings. The fraction of sp³-hybridized carbons (Fsp3) is 0.211. The fourth-order valence-electron chi connectivity index (χ4n) is 2.37. The topological polar surface area (TPSA) is 66.0 Å². The number of rotatable bonds is 7. The van der Waals surface area contributed by atoms with Gasteiger partial charge >= 0.3 is 0 Å². The van der Waals surface area contributed by atoms with Crippen molar-refractivity contribution >= 4 is 40.7 Å². The summed E-state index contributed by atoms with van der Waals surface area (Å²) in [4.78, 5) is 15.6. The van der Waals surface area contributed by atoms with E-state index in [1.54, 1.807) is 12.3 Å². The van der Waals surface area contributed by atoms with Gasteiger partial charge in [-0.3, -0.25) is 4.98 Å². The summed E-state index contributed by atoms with van der Waals surface area (Å²) >= 11 is 12.4. The van der Waals surface area contributed by atoms with Crippen LogP contribution in [0.2, 0.25) is 10.0 Å². The van der Waals surface area contributed by atoms with E-state index in [-0.39, 0.29) is 0 Å². The Labute approximate surface area is 168 Å². The van der Waals surface area contributed by atoms with Crippen molar-refractivity contribution in [1.29, 1.82) is 0 Å². The third-order valence-electron chi connectivity index (χ3n) is 3.71. The Morgan fingerprint density at radius 3 is 2.59 bits per heavy atom. The first-order valence-corrected chi connectivity index (χ1v) is 9.18. The Balaban J connectivity index is 1.92. The molecule has 0 amide bonds. The third kappa shape index (κ3) is 5.29. The smallest absolute Gasteiger partial charge is 0.225 e. The number of pyridine rings is 1. The Kier molecular flexibility index (Phi) is 6.45. The zero-order chi connectivity index (χ0) is 19.2. The predicted octanol–water partition coefficient (Wildman–Crippen LogP) is 4.56. The molecule has 3 rings (SSSR count). The average Bonchev–Trinajstić information content (AvgIpc) is 2.66. The summed E-state index contributed by atoms with van der Waals surface area (Å²) in [5.74, 6) is 1.11. The second-order valence-corrected chi connectivity index (χ2v) is 6.92. The van der Waals surface area contributed by atoms with Gasteiger partial charge in [0.05, 0.1) is 27.1 Å². The lowest BCUT2D eigenvalue weighted by Gasteiger charge is -2.14. The molecule has 0 fully saturated rings. The van der Waals surface area contributed by atoms with Crippen molar-refractivity contribution in [2.75, 3.05) is 37.8 Å². The Morgan fingerprint density at radius 2 is 1.85 bits per heavy atom. The summed E-state index contributed by atoms with van der Waals surface area (Å²) in [6, 6.07) is 12.9. The van der Waals surface area contributed by atoms with E-state index < -0.39 is 0 Å². The largest absolute Gasteiger partial charge is 0.353 e. The van der Waals surface area contributed by atoms with Crippen LogP contribution in [0, 0.1) is 0 Å². The first-order valence-electron chi connectivity index (χ1n) is 8.43. The number of nitrogens with one attached hydrogen (secondary N) is 2. The molecule has 27 heavy (non-hydrogen) atoms. The van der Waals surface area contributed by atoms with E-state index in [4.69, 9.17) is 23.2 Å². The highest BCUT2D eigenvalue weighted by molar-refractivity contribution is 6.43. The van der Waals surface area contributed by atoms with E-state index in [0.29, 0.717) is 33.2 Å². The molecular weight excluding hydrogens is 383 g/mol. The first kappa shape index (κ1) is 19.4. The number of anilines is 3. The molecule has 0 spiro atoms.